The van der Waals surface area contributed by atoms with E-state index >= 15 is 0 Å². The number of ether oxygens (including phenoxy) is 1. The maximum absolute atomic E-state index is 12.9. The average molecular weight is 403 g/mol. The van der Waals surface area contributed by atoms with Crippen LogP contribution in [0.4, 0.5) is 18.9 Å². The Morgan fingerprint density at radius 3 is 2.45 bits per heavy atom. The molecule has 0 fully saturated rings. The maximum Gasteiger partial charge on any atom is 0.471 e. The average Bonchev–Trinajstić information content (AvgIpc) is 2.37. The molecule has 4 nitrogen and oxygen atoms in total. The molecule has 0 spiro atoms. The summed E-state index contributed by atoms with van der Waals surface area (Å²) in [4.78, 5) is 23.6. The van der Waals surface area contributed by atoms with Gasteiger partial charge in [0.1, 0.15) is 0 Å². The summed E-state index contributed by atoms with van der Waals surface area (Å²) in [5.74, 6) is -2.10. The molecule has 22 heavy (non-hydrogen) atoms. The van der Waals surface area contributed by atoms with Crippen LogP contribution in [0.3, 0.4) is 0 Å². The fourth-order valence-corrected chi connectivity index (χ4v) is 2.38. The highest BCUT2D eigenvalue weighted by Gasteiger charge is 2.45. The molecule has 0 radical (unpaired) electrons. The topological polar surface area (TPSA) is 46.6 Å². The van der Waals surface area contributed by atoms with Gasteiger partial charge in [-0.1, -0.05) is 15.9 Å². The normalized spacial score (nSPS) is 12.9. The molecule has 9 heteroatoms. The molecular weight excluding hydrogens is 390 g/mol. The Balaban J connectivity index is 3.48. The second-order valence-corrected chi connectivity index (χ2v) is 5.67. The van der Waals surface area contributed by atoms with Gasteiger partial charge in [0.15, 0.2) is 0 Å². The van der Waals surface area contributed by atoms with Gasteiger partial charge in [0.2, 0.25) is 0 Å². The number of benzene rings is 1. The minimum absolute atomic E-state index is 0.149. The van der Waals surface area contributed by atoms with E-state index in [1.165, 1.54) is 32.2 Å². The third-order valence-corrected chi connectivity index (χ3v) is 3.44. The Hall–Kier alpha value is -1.12. The van der Waals surface area contributed by atoms with Crippen LogP contribution in [0.5, 0.6) is 0 Å². The molecule has 0 aliphatic carbocycles. The molecule has 0 saturated heterocycles. The van der Waals surface area contributed by atoms with E-state index in [-0.39, 0.29) is 17.9 Å². The summed E-state index contributed by atoms with van der Waals surface area (Å²) >= 11 is 8.50. The van der Waals surface area contributed by atoms with Crippen LogP contribution in [0.15, 0.2) is 22.7 Å². The molecule has 122 valence electrons. The summed E-state index contributed by atoms with van der Waals surface area (Å²) < 4.78 is 43.8. The van der Waals surface area contributed by atoms with Gasteiger partial charge in [-0.25, -0.2) is 0 Å². The van der Waals surface area contributed by atoms with Gasteiger partial charge in [0.25, 0.3) is 5.24 Å². The van der Waals surface area contributed by atoms with Gasteiger partial charge in [0, 0.05) is 11.6 Å². The van der Waals surface area contributed by atoms with Gasteiger partial charge in [-0.05, 0) is 36.7 Å². The molecule has 0 aromatic heterocycles. The maximum atomic E-state index is 12.9. The van der Waals surface area contributed by atoms with Gasteiger partial charge in [-0.2, -0.15) is 13.2 Å². The van der Waals surface area contributed by atoms with Crippen molar-refractivity contribution >= 4 is 44.4 Å². The largest absolute Gasteiger partial charge is 0.471 e. The Bertz CT molecular complexity index is 580. The first-order valence-electron chi connectivity index (χ1n) is 5.98. The summed E-state index contributed by atoms with van der Waals surface area (Å²) in [5, 5.41) is -0.966. The van der Waals surface area contributed by atoms with E-state index in [2.05, 4.69) is 15.9 Å². The van der Waals surface area contributed by atoms with E-state index in [4.69, 9.17) is 16.3 Å². The van der Waals surface area contributed by atoms with Crippen molar-refractivity contribution in [3.8, 4) is 0 Å². The van der Waals surface area contributed by atoms with E-state index in [9.17, 15) is 22.8 Å². The van der Waals surface area contributed by atoms with Crippen molar-refractivity contribution in [1.82, 2.24) is 0 Å². The van der Waals surface area contributed by atoms with E-state index in [0.29, 0.717) is 9.37 Å². The lowest BCUT2D eigenvalue weighted by Crippen LogP contribution is -2.48. The number of halogens is 5. The van der Waals surface area contributed by atoms with Crippen molar-refractivity contribution in [2.75, 3.05) is 18.6 Å². The van der Waals surface area contributed by atoms with Crippen molar-refractivity contribution in [1.29, 1.82) is 0 Å². The molecule has 0 unspecified atom stereocenters. The highest BCUT2D eigenvalue weighted by Crippen LogP contribution is 2.31. The van der Waals surface area contributed by atoms with Crippen LogP contribution in [0, 0.1) is 0 Å². The van der Waals surface area contributed by atoms with Gasteiger partial charge < -0.3 is 4.74 Å². The minimum atomic E-state index is -5.10. The lowest BCUT2D eigenvalue weighted by Gasteiger charge is -2.30. The van der Waals surface area contributed by atoms with E-state index in [1.807, 2.05) is 0 Å². The fraction of sp³-hybridized carbons (Fsp3) is 0.385. The minimum Gasteiger partial charge on any atom is -0.383 e. The zero-order valence-corrected chi connectivity index (χ0v) is 13.9. The molecule has 0 N–H and O–H groups in total. The Morgan fingerprint density at radius 2 is 2.00 bits per heavy atom. The van der Waals surface area contributed by atoms with Crippen LogP contribution in [-0.2, 0) is 9.53 Å². The number of carbonyl (C=O) groups excluding carboxylic acids is 2. The molecule has 0 aliphatic heterocycles. The number of nitrogens with zero attached hydrogens (tertiary/aromatic N) is 1. The molecule has 0 heterocycles. The van der Waals surface area contributed by atoms with Crippen LogP contribution in [0.1, 0.15) is 17.3 Å². The first-order chi connectivity index (χ1) is 10.1. The van der Waals surface area contributed by atoms with E-state index in [1.54, 1.807) is 0 Å². The number of rotatable bonds is 5. The highest BCUT2D eigenvalue weighted by molar-refractivity contribution is 9.10. The number of hydrogen-bond acceptors (Lipinski definition) is 3. The number of amides is 1. The monoisotopic (exact) mass is 401 g/mol. The van der Waals surface area contributed by atoms with Gasteiger partial charge in [-0.15, -0.1) is 0 Å². The molecule has 1 atom stereocenters. The molecule has 1 rings (SSSR count). The molecule has 0 saturated carbocycles. The zero-order valence-electron chi connectivity index (χ0n) is 11.6. The van der Waals surface area contributed by atoms with Crippen molar-refractivity contribution in [2.45, 2.75) is 19.1 Å². The van der Waals surface area contributed by atoms with E-state index < -0.39 is 23.4 Å². The predicted molar refractivity (Wildman–Crippen MR) is 79.2 cm³/mol. The molecule has 1 amide bonds. The van der Waals surface area contributed by atoms with Crippen molar-refractivity contribution < 1.29 is 27.5 Å². The zero-order chi connectivity index (χ0) is 17.1. The lowest BCUT2D eigenvalue weighted by molar-refractivity contribution is -0.171. The molecule has 0 aliphatic rings. The third-order valence-electron chi connectivity index (χ3n) is 2.74. The molecule has 1 aromatic carbocycles. The standard InChI is InChI=1S/C13H12BrClF3NO3/c1-7(6-22-2)19(12(21)13(16,17)18)10-5-8(14)3-4-9(10)11(15)20/h3-5,7H,6H2,1-2H3/t7-/m1/s1. The number of alkyl halides is 3. The first kappa shape index (κ1) is 18.9. The summed E-state index contributed by atoms with van der Waals surface area (Å²) in [6.45, 7) is 1.22. The lowest BCUT2D eigenvalue weighted by atomic mass is 10.1. The highest BCUT2D eigenvalue weighted by atomic mass is 79.9. The smallest absolute Gasteiger partial charge is 0.383 e. The van der Waals surface area contributed by atoms with Crippen LogP contribution in [-0.4, -0.2) is 37.1 Å². The Kier molecular flexibility index (Phi) is 6.39. The van der Waals surface area contributed by atoms with Gasteiger partial charge >= 0.3 is 12.1 Å². The van der Waals surface area contributed by atoms with Gasteiger partial charge in [0.05, 0.1) is 23.9 Å². The summed E-state index contributed by atoms with van der Waals surface area (Å²) in [6, 6.07) is 2.95. The van der Waals surface area contributed by atoms with Crippen LogP contribution in [0.25, 0.3) is 0 Å². The quantitative estimate of drug-likeness (QED) is 0.705. The second-order valence-electron chi connectivity index (χ2n) is 4.41. The van der Waals surface area contributed by atoms with E-state index in [0.717, 1.165) is 0 Å². The summed E-state index contributed by atoms with van der Waals surface area (Å²) in [7, 11) is 1.29. The summed E-state index contributed by atoms with van der Waals surface area (Å²) in [6.07, 6.45) is -5.10. The van der Waals surface area contributed by atoms with Crippen LogP contribution >= 0.6 is 27.5 Å². The second kappa shape index (κ2) is 7.43. The number of hydrogen-bond donors (Lipinski definition) is 0. The number of carbonyl (C=O) groups is 2. The third kappa shape index (κ3) is 4.44. The SMILES string of the molecule is COC[C@@H](C)N(C(=O)C(F)(F)F)c1cc(Br)ccc1C(=O)Cl. The Morgan fingerprint density at radius 1 is 1.41 bits per heavy atom. The fourth-order valence-electron chi connectivity index (χ4n) is 1.87. The molecular formula is C13H12BrClF3NO3. The number of methoxy groups -OCH3 is 1. The predicted octanol–water partition coefficient (Wildman–Crippen LogP) is 3.76. The van der Waals surface area contributed by atoms with Crippen molar-refractivity contribution in [3.63, 3.8) is 0 Å². The van der Waals surface area contributed by atoms with Crippen molar-refractivity contribution in [3.05, 3.63) is 28.2 Å². The van der Waals surface area contributed by atoms with Crippen molar-refractivity contribution in [2.24, 2.45) is 0 Å². The van der Waals surface area contributed by atoms with Crippen LogP contribution < -0.4 is 4.90 Å². The molecule has 1 aromatic rings. The molecule has 0 bridgehead atoms. The van der Waals surface area contributed by atoms with Gasteiger partial charge in [-0.3, -0.25) is 14.5 Å². The summed E-state index contributed by atoms with van der Waals surface area (Å²) in [5.41, 5.74) is -0.438. The first-order valence-corrected chi connectivity index (χ1v) is 7.15. The Labute approximate surface area is 138 Å². The van der Waals surface area contributed by atoms with Crippen LogP contribution in [0.2, 0.25) is 0 Å². The number of anilines is 1.